The minimum atomic E-state index is 0.850. The summed E-state index contributed by atoms with van der Waals surface area (Å²) in [5, 5.41) is 2.60. The Hall–Kier alpha value is -1.50. The predicted octanol–water partition coefficient (Wildman–Crippen LogP) is 4.12. The molecule has 0 fully saturated rings. The lowest BCUT2D eigenvalue weighted by atomic mass is 9.95. The Morgan fingerprint density at radius 2 is 2.12 bits per heavy atom. The topological polar surface area (TPSA) is 9.23 Å². The van der Waals surface area contributed by atoms with Crippen LogP contribution in [0, 0.1) is 0 Å². The fraction of sp³-hybridized carbons (Fsp3) is 0.375. The van der Waals surface area contributed by atoms with Gasteiger partial charge in [0.1, 0.15) is 5.75 Å². The first kappa shape index (κ1) is 10.6. The standard InChI is InChI=1S/C16H18O/c1-2-3-6-12-11-13-7-4-5-8-14(13)16-15(12)9-10-17-16/h4-5,7-8,11H,2-3,6,9-10H2,1H3. The third-order valence-electron chi connectivity index (χ3n) is 3.59. The van der Waals surface area contributed by atoms with Crippen molar-refractivity contribution in [3.63, 3.8) is 0 Å². The lowest BCUT2D eigenvalue weighted by Gasteiger charge is -2.10. The molecule has 0 unspecified atom stereocenters. The Kier molecular flexibility index (Phi) is 2.76. The van der Waals surface area contributed by atoms with Gasteiger partial charge in [0.05, 0.1) is 6.61 Å². The Bertz CT molecular complexity index is 542. The minimum absolute atomic E-state index is 0.850. The second-order valence-electron chi connectivity index (χ2n) is 4.77. The lowest BCUT2D eigenvalue weighted by molar-refractivity contribution is 0.360. The largest absolute Gasteiger partial charge is 0.492 e. The van der Waals surface area contributed by atoms with E-state index in [-0.39, 0.29) is 0 Å². The first-order chi connectivity index (χ1) is 8.40. The molecule has 0 radical (unpaired) electrons. The number of unbranched alkanes of at least 4 members (excludes halogenated alkanes) is 1. The van der Waals surface area contributed by atoms with E-state index in [1.54, 1.807) is 0 Å². The molecule has 3 rings (SSSR count). The van der Waals surface area contributed by atoms with Crippen LogP contribution in [0.2, 0.25) is 0 Å². The van der Waals surface area contributed by atoms with Crippen LogP contribution in [0.4, 0.5) is 0 Å². The van der Waals surface area contributed by atoms with E-state index in [1.165, 1.54) is 41.2 Å². The van der Waals surface area contributed by atoms with Crippen molar-refractivity contribution in [2.24, 2.45) is 0 Å². The van der Waals surface area contributed by atoms with Crippen molar-refractivity contribution in [1.82, 2.24) is 0 Å². The van der Waals surface area contributed by atoms with Crippen LogP contribution in [0.15, 0.2) is 30.3 Å². The highest BCUT2D eigenvalue weighted by Gasteiger charge is 2.19. The third-order valence-corrected chi connectivity index (χ3v) is 3.59. The van der Waals surface area contributed by atoms with Gasteiger partial charge in [-0.2, -0.15) is 0 Å². The zero-order valence-corrected chi connectivity index (χ0v) is 10.3. The molecule has 2 aromatic rings. The number of aryl methyl sites for hydroxylation is 1. The van der Waals surface area contributed by atoms with E-state index in [0.717, 1.165) is 18.8 Å². The van der Waals surface area contributed by atoms with Gasteiger partial charge < -0.3 is 4.74 Å². The van der Waals surface area contributed by atoms with Crippen LogP contribution in [0.5, 0.6) is 5.75 Å². The Morgan fingerprint density at radius 1 is 1.24 bits per heavy atom. The lowest BCUT2D eigenvalue weighted by Crippen LogP contribution is -1.92. The van der Waals surface area contributed by atoms with E-state index >= 15 is 0 Å². The van der Waals surface area contributed by atoms with E-state index in [0.29, 0.717) is 0 Å². The average Bonchev–Trinajstić information content (AvgIpc) is 2.85. The molecule has 0 spiro atoms. The number of hydrogen-bond acceptors (Lipinski definition) is 1. The summed E-state index contributed by atoms with van der Waals surface area (Å²) < 4.78 is 5.83. The summed E-state index contributed by atoms with van der Waals surface area (Å²) in [4.78, 5) is 0. The molecule has 1 heterocycles. The third kappa shape index (κ3) is 1.80. The maximum absolute atomic E-state index is 5.83. The van der Waals surface area contributed by atoms with Crippen LogP contribution in [0.1, 0.15) is 30.9 Å². The van der Waals surface area contributed by atoms with E-state index in [1.807, 2.05) is 0 Å². The SMILES string of the molecule is CCCCc1cc2ccccc2c2c1CCO2. The summed E-state index contributed by atoms with van der Waals surface area (Å²) in [6.45, 7) is 3.10. The molecule has 88 valence electrons. The molecule has 0 saturated carbocycles. The highest BCUT2D eigenvalue weighted by atomic mass is 16.5. The van der Waals surface area contributed by atoms with Gasteiger partial charge in [-0.1, -0.05) is 43.7 Å². The molecule has 1 aliphatic heterocycles. The quantitative estimate of drug-likeness (QED) is 0.765. The maximum Gasteiger partial charge on any atom is 0.130 e. The molecule has 17 heavy (non-hydrogen) atoms. The Labute approximate surface area is 102 Å². The van der Waals surface area contributed by atoms with E-state index in [9.17, 15) is 0 Å². The Morgan fingerprint density at radius 3 is 3.00 bits per heavy atom. The zero-order chi connectivity index (χ0) is 11.7. The number of hydrogen-bond donors (Lipinski definition) is 0. The van der Waals surface area contributed by atoms with Crippen LogP contribution in [-0.2, 0) is 12.8 Å². The van der Waals surface area contributed by atoms with Crippen LogP contribution < -0.4 is 4.74 Å². The highest BCUT2D eigenvalue weighted by molar-refractivity contribution is 5.91. The minimum Gasteiger partial charge on any atom is -0.492 e. The molecule has 0 aliphatic carbocycles. The smallest absolute Gasteiger partial charge is 0.130 e. The number of ether oxygens (including phenoxy) is 1. The van der Waals surface area contributed by atoms with E-state index in [4.69, 9.17) is 4.74 Å². The number of fused-ring (bicyclic) bond motifs is 3. The van der Waals surface area contributed by atoms with Gasteiger partial charge in [0.2, 0.25) is 0 Å². The predicted molar refractivity (Wildman–Crippen MR) is 71.8 cm³/mol. The Balaban J connectivity index is 2.16. The van der Waals surface area contributed by atoms with Crippen LogP contribution in [-0.4, -0.2) is 6.61 Å². The van der Waals surface area contributed by atoms with Crippen molar-refractivity contribution in [1.29, 1.82) is 0 Å². The van der Waals surface area contributed by atoms with Gasteiger partial charge in [0.25, 0.3) is 0 Å². The summed E-state index contributed by atoms with van der Waals surface area (Å²) in [6, 6.07) is 10.9. The molecule has 1 aliphatic rings. The van der Waals surface area contributed by atoms with Crippen molar-refractivity contribution < 1.29 is 4.74 Å². The van der Waals surface area contributed by atoms with Gasteiger partial charge in [0, 0.05) is 17.4 Å². The summed E-state index contributed by atoms with van der Waals surface area (Å²) in [6.07, 6.45) is 4.79. The van der Waals surface area contributed by atoms with Crippen molar-refractivity contribution in [3.8, 4) is 5.75 Å². The molecular formula is C16H18O. The van der Waals surface area contributed by atoms with Gasteiger partial charge in [-0.3, -0.25) is 0 Å². The number of benzene rings is 2. The van der Waals surface area contributed by atoms with Crippen LogP contribution in [0.3, 0.4) is 0 Å². The fourth-order valence-corrected chi connectivity index (χ4v) is 2.70. The fourth-order valence-electron chi connectivity index (χ4n) is 2.70. The van der Waals surface area contributed by atoms with E-state index < -0.39 is 0 Å². The number of rotatable bonds is 3. The molecule has 0 amide bonds. The molecule has 1 nitrogen and oxygen atoms in total. The van der Waals surface area contributed by atoms with Gasteiger partial charge in [-0.15, -0.1) is 0 Å². The van der Waals surface area contributed by atoms with Crippen molar-refractivity contribution >= 4 is 10.8 Å². The molecule has 0 atom stereocenters. The average molecular weight is 226 g/mol. The summed E-state index contributed by atoms with van der Waals surface area (Å²) in [7, 11) is 0. The summed E-state index contributed by atoms with van der Waals surface area (Å²) >= 11 is 0. The van der Waals surface area contributed by atoms with Gasteiger partial charge in [-0.25, -0.2) is 0 Å². The monoisotopic (exact) mass is 226 g/mol. The zero-order valence-electron chi connectivity index (χ0n) is 10.3. The summed E-state index contributed by atoms with van der Waals surface area (Å²) in [5.41, 5.74) is 2.95. The first-order valence-corrected chi connectivity index (χ1v) is 6.56. The first-order valence-electron chi connectivity index (χ1n) is 6.56. The van der Waals surface area contributed by atoms with Crippen molar-refractivity contribution in [3.05, 3.63) is 41.5 Å². The summed E-state index contributed by atoms with van der Waals surface area (Å²) in [5.74, 6) is 1.15. The molecule has 0 N–H and O–H groups in total. The normalized spacial score (nSPS) is 13.7. The van der Waals surface area contributed by atoms with Gasteiger partial charge in [-0.05, 0) is 23.8 Å². The van der Waals surface area contributed by atoms with Crippen molar-refractivity contribution in [2.45, 2.75) is 32.6 Å². The molecule has 0 bridgehead atoms. The second-order valence-corrected chi connectivity index (χ2v) is 4.77. The van der Waals surface area contributed by atoms with E-state index in [2.05, 4.69) is 37.3 Å². The molecule has 0 saturated heterocycles. The van der Waals surface area contributed by atoms with Gasteiger partial charge >= 0.3 is 0 Å². The highest BCUT2D eigenvalue weighted by Crippen LogP contribution is 2.37. The maximum atomic E-state index is 5.83. The molecular weight excluding hydrogens is 208 g/mol. The molecule has 2 aromatic carbocycles. The van der Waals surface area contributed by atoms with Crippen LogP contribution in [0.25, 0.3) is 10.8 Å². The second kappa shape index (κ2) is 4.40. The van der Waals surface area contributed by atoms with Crippen LogP contribution >= 0.6 is 0 Å². The molecule has 0 aromatic heterocycles. The van der Waals surface area contributed by atoms with Gasteiger partial charge in [0.15, 0.2) is 0 Å². The molecule has 1 heteroatoms. The van der Waals surface area contributed by atoms with Crippen molar-refractivity contribution in [2.75, 3.05) is 6.61 Å².